The monoisotopic (exact) mass is 280 g/mol. The fraction of sp³-hybridized carbons (Fsp3) is 0.235. The highest BCUT2D eigenvalue weighted by Crippen LogP contribution is 2.26. The first-order valence-electron chi connectivity index (χ1n) is 7.16. The van der Waals surface area contributed by atoms with Gasteiger partial charge in [0.1, 0.15) is 17.7 Å². The van der Waals surface area contributed by atoms with E-state index < -0.39 is 0 Å². The van der Waals surface area contributed by atoms with Crippen molar-refractivity contribution in [1.82, 2.24) is 4.98 Å². The minimum Gasteiger partial charge on any atom is -0.467 e. The van der Waals surface area contributed by atoms with Gasteiger partial charge >= 0.3 is 0 Å². The van der Waals surface area contributed by atoms with Crippen molar-refractivity contribution in [3.8, 4) is 0 Å². The number of hydrogen-bond donors (Lipinski definition) is 0. The highest BCUT2D eigenvalue weighted by atomic mass is 16.5. The van der Waals surface area contributed by atoms with E-state index in [4.69, 9.17) is 14.1 Å². The van der Waals surface area contributed by atoms with Gasteiger partial charge in [-0.1, -0.05) is 18.2 Å². The summed E-state index contributed by atoms with van der Waals surface area (Å²) in [5.74, 6) is 1.87. The predicted octanol–water partition coefficient (Wildman–Crippen LogP) is 3.41. The fourth-order valence-corrected chi connectivity index (χ4v) is 2.74. The van der Waals surface area contributed by atoms with Gasteiger partial charge in [-0.3, -0.25) is 0 Å². The third-order valence-corrected chi connectivity index (χ3v) is 3.83. The molecule has 1 unspecified atom stereocenters. The number of rotatable bonds is 2. The van der Waals surface area contributed by atoms with Crippen LogP contribution in [0.3, 0.4) is 0 Å². The molecular weight excluding hydrogens is 264 g/mol. The number of fused-ring (bicyclic) bond motifs is 1. The molecule has 1 atom stereocenters. The van der Waals surface area contributed by atoms with Crippen LogP contribution in [-0.4, -0.2) is 24.7 Å². The second kappa shape index (κ2) is 5.22. The van der Waals surface area contributed by atoms with Crippen LogP contribution in [0.2, 0.25) is 0 Å². The lowest BCUT2D eigenvalue weighted by molar-refractivity contribution is 0.0255. The van der Waals surface area contributed by atoms with Gasteiger partial charge < -0.3 is 14.1 Å². The summed E-state index contributed by atoms with van der Waals surface area (Å²) in [5, 5.41) is 1.16. The molecule has 1 aliphatic heterocycles. The van der Waals surface area contributed by atoms with Crippen LogP contribution in [0, 0.1) is 0 Å². The summed E-state index contributed by atoms with van der Waals surface area (Å²) < 4.78 is 11.3. The van der Waals surface area contributed by atoms with E-state index in [1.807, 2.05) is 30.3 Å². The summed E-state index contributed by atoms with van der Waals surface area (Å²) in [7, 11) is 0. The number of aromatic nitrogens is 1. The maximum atomic E-state index is 5.80. The Bertz CT molecular complexity index is 739. The lowest BCUT2D eigenvalue weighted by atomic mass is 10.2. The van der Waals surface area contributed by atoms with Gasteiger partial charge in [0.25, 0.3) is 0 Å². The van der Waals surface area contributed by atoms with Crippen LogP contribution in [0.1, 0.15) is 11.9 Å². The number of pyridine rings is 1. The van der Waals surface area contributed by atoms with Crippen molar-refractivity contribution in [1.29, 1.82) is 0 Å². The number of morpholine rings is 1. The molecule has 3 aromatic rings. The van der Waals surface area contributed by atoms with Crippen LogP contribution in [-0.2, 0) is 4.74 Å². The Labute approximate surface area is 123 Å². The van der Waals surface area contributed by atoms with Crippen LogP contribution < -0.4 is 4.90 Å². The normalized spacial score (nSPS) is 19.0. The zero-order chi connectivity index (χ0) is 14.1. The Balaban J connectivity index is 1.62. The van der Waals surface area contributed by atoms with E-state index in [1.54, 1.807) is 6.26 Å². The number of anilines is 1. The molecule has 3 heterocycles. The van der Waals surface area contributed by atoms with E-state index in [9.17, 15) is 0 Å². The van der Waals surface area contributed by atoms with E-state index >= 15 is 0 Å². The molecule has 1 saturated heterocycles. The van der Waals surface area contributed by atoms with E-state index in [0.29, 0.717) is 6.61 Å². The molecule has 0 N–H and O–H groups in total. The topological polar surface area (TPSA) is 38.5 Å². The molecule has 0 amide bonds. The molecule has 1 fully saturated rings. The van der Waals surface area contributed by atoms with E-state index in [1.165, 1.54) is 0 Å². The summed E-state index contributed by atoms with van der Waals surface area (Å²) in [6.07, 6.45) is 1.66. The van der Waals surface area contributed by atoms with Crippen LogP contribution in [0.15, 0.2) is 59.2 Å². The molecule has 4 nitrogen and oxygen atoms in total. The Morgan fingerprint density at radius 1 is 1.05 bits per heavy atom. The third-order valence-electron chi connectivity index (χ3n) is 3.83. The second-order valence-corrected chi connectivity index (χ2v) is 5.18. The minimum atomic E-state index is -0.0259. The molecule has 106 valence electrons. The molecular formula is C17H16N2O2. The molecule has 21 heavy (non-hydrogen) atoms. The molecule has 0 aliphatic carbocycles. The molecule has 1 aromatic carbocycles. The number of benzene rings is 1. The molecule has 0 saturated carbocycles. The summed E-state index contributed by atoms with van der Waals surface area (Å²) >= 11 is 0. The van der Waals surface area contributed by atoms with Gasteiger partial charge in [-0.2, -0.15) is 0 Å². The third kappa shape index (κ3) is 2.38. The van der Waals surface area contributed by atoms with Crippen molar-refractivity contribution in [3.63, 3.8) is 0 Å². The number of para-hydroxylation sites is 1. The smallest absolute Gasteiger partial charge is 0.134 e. The van der Waals surface area contributed by atoms with Crippen molar-refractivity contribution in [2.75, 3.05) is 24.6 Å². The van der Waals surface area contributed by atoms with Gasteiger partial charge in [0.2, 0.25) is 0 Å². The molecule has 2 aromatic heterocycles. The SMILES string of the molecule is c1coc(C2CN(c3ccc4ccccc4n3)CCO2)c1. The van der Waals surface area contributed by atoms with Gasteiger partial charge in [-0.25, -0.2) is 4.98 Å². The number of nitrogens with zero attached hydrogens (tertiary/aromatic N) is 2. The van der Waals surface area contributed by atoms with Crippen molar-refractivity contribution in [2.24, 2.45) is 0 Å². The van der Waals surface area contributed by atoms with E-state index in [2.05, 4.69) is 23.1 Å². The Morgan fingerprint density at radius 3 is 2.90 bits per heavy atom. The fourth-order valence-electron chi connectivity index (χ4n) is 2.74. The maximum Gasteiger partial charge on any atom is 0.134 e. The Hall–Kier alpha value is -2.33. The maximum absolute atomic E-state index is 5.80. The first kappa shape index (κ1) is 12.4. The summed E-state index contributed by atoms with van der Waals surface area (Å²) in [5.41, 5.74) is 1.02. The molecule has 0 spiro atoms. The first-order chi connectivity index (χ1) is 10.4. The van der Waals surface area contributed by atoms with Crippen LogP contribution in [0.4, 0.5) is 5.82 Å². The molecule has 0 bridgehead atoms. The van der Waals surface area contributed by atoms with Gasteiger partial charge in [0.05, 0.1) is 24.9 Å². The zero-order valence-corrected chi connectivity index (χ0v) is 11.6. The van der Waals surface area contributed by atoms with Crippen molar-refractivity contribution < 1.29 is 9.15 Å². The van der Waals surface area contributed by atoms with Crippen molar-refractivity contribution in [2.45, 2.75) is 6.10 Å². The summed E-state index contributed by atoms with van der Waals surface area (Å²) in [6, 6.07) is 16.2. The zero-order valence-electron chi connectivity index (χ0n) is 11.6. The predicted molar refractivity (Wildman–Crippen MR) is 81.4 cm³/mol. The number of ether oxygens (including phenoxy) is 1. The lowest BCUT2D eigenvalue weighted by Gasteiger charge is -2.32. The second-order valence-electron chi connectivity index (χ2n) is 5.18. The van der Waals surface area contributed by atoms with Gasteiger partial charge in [0.15, 0.2) is 0 Å². The molecule has 4 heteroatoms. The van der Waals surface area contributed by atoms with Crippen LogP contribution in [0.25, 0.3) is 10.9 Å². The van der Waals surface area contributed by atoms with Gasteiger partial charge in [-0.05, 0) is 30.3 Å². The molecule has 1 aliphatic rings. The highest BCUT2D eigenvalue weighted by Gasteiger charge is 2.24. The highest BCUT2D eigenvalue weighted by molar-refractivity contribution is 5.80. The average molecular weight is 280 g/mol. The Kier molecular flexibility index (Phi) is 3.09. The quantitative estimate of drug-likeness (QED) is 0.721. The van der Waals surface area contributed by atoms with E-state index in [0.717, 1.165) is 35.6 Å². The summed E-state index contributed by atoms with van der Waals surface area (Å²) in [4.78, 5) is 7.01. The van der Waals surface area contributed by atoms with Gasteiger partial charge in [0, 0.05) is 11.9 Å². The van der Waals surface area contributed by atoms with Crippen LogP contribution in [0.5, 0.6) is 0 Å². The summed E-state index contributed by atoms with van der Waals surface area (Å²) in [6.45, 7) is 2.29. The average Bonchev–Trinajstić information content (AvgIpc) is 3.09. The van der Waals surface area contributed by atoms with Crippen molar-refractivity contribution >= 4 is 16.7 Å². The van der Waals surface area contributed by atoms with Crippen molar-refractivity contribution in [3.05, 3.63) is 60.6 Å². The molecule has 0 radical (unpaired) electrons. The standard InChI is InChI=1S/C17H16N2O2/c1-2-5-14-13(4-1)7-8-17(18-14)19-9-11-21-16(12-19)15-6-3-10-20-15/h1-8,10,16H,9,11-12H2. The van der Waals surface area contributed by atoms with Gasteiger partial charge in [-0.15, -0.1) is 0 Å². The Morgan fingerprint density at radius 2 is 2.00 bits per heavy atom. The largest absolute Gasteiger partial charge is 0.467 e. The minimum absolute atomic E-state index is 0.0259. The van der Waals surface area contributed by atoms with E-state index in [-0.39, 0.29) is 6.10 Å². The first-order valence-corrected chi connectivity index (χ1v) is 7.16. The lowest BCUT2D eigenvalue weighted by Crippen LogP contribution is -2.38. The number of furan rings is 1. The molecule has 4 rings (SSSR count). The number of hydrogen-bond acceptors (Lipinski definition) is 4. The van der Waals surface area contributed by atoms with Crippen LogP contribution >= 0.6 is 0 Å².